The van der Waals surface area contributed by atoms with Crippen LogP contribution in [0.3, 0.4) is 0 Å². The van der Waals surface area contributed by atoms with E-state index in [0.29, 0.717) is 5.69 Å². The van der Waals surface area contributed by atoms with Crippen LogP contribution in [0.15, 0.2) is 17.6 Å². The first-order chi connectivity index (χ1) is 5.29. The zero-order chi connectivity index (χ0) is 7.84. The van der Waals surface area contributed by atoms with E-state index in [0.717, 1.165) is 0 Å². The van der Waals surface area contributed by atoms with Crippen molar-refractivity contribution in [1.82, 2.24) is 9.97 Å². The number of hydrogen-bond donors (Lipinski definition) is 1. The van der Waals surface area contributed by atoms with Crippen molar-refractivity contribution in [3.8, 4) is 0 Å². The molecule has 0 radical (unpaired) electrons. The molecule has 11 heavy (non-hydrogen) atoms. The maximum Gasteiger partial charge on any atom is 0.320 e. The Hall–Kier alpha value is -1.30. The molecule has 0 aromatic carbocycles. The van der Waals surface area contributed by atoms with Gasteiger partial charge in [0.05, 0.1) is 11.9 Å². The van der Waals surface area contributed by atoms with Gasteiger partial charge in [0, 0.05) is 0 Å². The number of rotatable bonds is 0. The first-order valence-electron chi connectivity index (χ1n) is 2.82. The van der Waals surface area contributed by atoms with Crippen molar-refractivity contribution < 1.29 is 9.00 Å². The molecule has 0 fully saturated rings. The number of carbonyl (C=O) groups excluding carboxylic acids is 1. The Balaban J connectivity index is 2.64. The SMILES string of the molecule is O=C1Nc2cncnc2S1=O. The highest BCUT2D eigenvalue weighted by Gasteiger charge is 2.27. The van der Waals surface area contributed by atoms with E-state index >= 15 is 0 Å². The third-order valence-electron chi connectivity index (χ3n) is 1.26. The zero-order valence-electron chi connectivity index (χ0n) is 5.27. The zero-order valence-corrected chi connectivity index (χ0v) is 6.09. The summed E-state index contributed by atoms with van der Waals surface area (Å²) < 4.78 is 11.0. The Morgan fingerprint density at radius 1 is 1.55 bits per heavy atom. The van der Waals surface area contributed by atoms with Crippen LogP contribution in [0.1, 0.15) is 0 Å². The first kappa shape index (κ1) is 6.41. The van der Waals surface area contributed by atoms with E-state index < -0.39 is 16.0 Å². The number of hydrogen-bond acceptors (Lipinski definition) is 4. The summed E-state index contributed by atoms with van der Waals surface area (Å²) in [5.41, 5.74) is 0.441. The molecule has 1 aliphatic heterocycles. The Bertz CT molecular complexity index is 351. The van der Waals surface area contributed by atoms with Crippen molar-refractivity contribution in [2.75, 3.05) is 5.32 Å². The second-order valence-electron chi connectivity index (χ2n) is 1.92. The molecule has 1 N–H and O–H groups in total. The Morgan fingerprint density at radius 3 is 3.09 bits per heavy atom. The Kier molecular flexibility index (Phi) is 1.22. The van der Waals surface area contributed by atoms with Gasteiger partial charge in [0.2, 0.25) is 0 Å². The summed E-state index contributed by atoms with van der Waals surface area (Å²) in [6.45, 7) is 0. The number of carbonyl (C=O) groups is 1. The molecule has 1 aliphatic rings. The van der Waals surface area contributed by atoms with Gasteiger partial charge < -0.3 is 5.32 Å². The van der Waals surface area contributed by atoms with Gasteiger partial charge in [-0.2, -0.15) is 0 Å². The van der Waals surface area contributed by atoms with E-state index in [4.69, 9.17) is 0 Å². The molecule has 0 bridgehead atoms. The second-order valence-corrected chi connectivity index (χ2v) is 3.22. The fourth-order valence-electron chi connectivity index (χ4n) is 0.796. The van der Waals surface area contributed by atoms with Crippen molar-refractivity contribution in [1.29, 1.82) is 0 Å². The van der Waals surface area contributed by atoms with Crippen LogP contribution in [-0.4, -0.2) is 19.4 Å². The molecule has 1 aromatic heterocycles. The summed E-state index contributed by atoms with van der Waals surface area (Å²) in [5, 5.41) is 2.12. The summed E-state index contributed by atoms with van der Waals surface area (Å²) in [5.74, 6) is 0. The third kappa shape index (κ3) is 0.829. The van der Waals surface area contributed by atoms with E-state index in [9.17, 15) is 9.00 Å². The number of fused-ring (bicyclic) bond motifs is 1. The van der Waals surface area contributed by atoms with E-state index in [1.54, 1.807) is 0 Å². The molecule has 1 aromatic rings. The maximum atomic E-state index is 11.0. The predicted molar refractivity (Wildman–Crippen MR) is 37.5 cm³/mol. The van der Waals surface area contributed by atoms with Crippen LogP contribution in [0.25, 0.3) is 0 Å². The molecule has 0 aliphatic carbocycles. The number of aromatic nitrogens is 2. The maximum absolute atomic E-state index is 11.0. The van der Waals surface area contributed by atoms with Gasteiger partial charge in [-0.25, -0.2) is 14.2 Å². The smallest absolute Gasteiger partial charge is 0.311 e. The quantitative estimate of drug-likeness (QED) is 0.560. The second kappa shape index (κ2) is 2.09. The van der Waals surface area contributed by atoms with E-state index in [2.05, 4.69) is 15.3 Å². The fourth-order valence-corrected chi connectivity index (χ4v) is 1.62. The monoisotopic (exact) mass is 169 g/mol. The highest BCUT2D eigenvalue weighted by molar-refractivity contribution is 8.01. The van der Waals surface area contributed by atoms with Gasteiger partial charge in [-0.05, 0) is 0 Å². The highest BCUT2D eigenvalue weighted by atomic mass is 32.2. The van der Waals surface area contributed by atoms with Crippen LogP contribution >= 0.6 is 0 Å². The van der Waals surface area contributed by atoms with Crippen molar-refractivity contribution in [3.05, 3.63) is 12.5 Å². The molecule has 0 saturated heterocycles. The van der Waals surface area contributed by atoms with Crippen LogP contribution in [0.5, 0.6) is 0 Å². The summed E-state index contributed by atoms with van der Waals surface area (Å²) in [7, 11) is -1.64. The molecule has 2 heterocycles. The Morgan fingerprint density at radius 2 is 2.36 bits per heavy atom. The van der Waals surface area contributed by atoms with Crippen molar-refractivity contribution in [2.24, 2.45) is 0 Å². The summed E-state index contributed by atoms with van der Waals surface area (Å²) in [4.78, 5) is 18.1. The standard InChI is InChI=1S/C5H3N3O2S/c9-5-8-3-1-6-2-7-4(3)11(5)10/h1-2H,(H,8,9). The molecule has 6 heteroatoms. The highest BCUT2D eigenvalue weighted by Crippen LogP contribution is 2.22. The number of nitrogens with one attached hydrogen (secondary N) is 1. The molecule has 2 rings (SSSR count). The number of amides is 1. The number of nitrogens with zero attached hydrogens (tertiary/aromatic N) is 2. The van der Waals surface area contributed by atoms with Crippen LogP contribution in [0.4, 0.5) is 10.5 Å². The lowest BCUT2D eigenvalue weighted by Gasteiger charge is -1.89. The largest absolute Gasteiger partial charge is 0.320 e. The minimum atomic E-state index is -1.64. The minimum Gasteiger partial charge on any atom is -0.311 e. The van der Waals surface area contributed by atoms with Crippen LogP contribution in [0.2, 0.25) is 0 Å². The molecule has 1 amide bonds. The van der Waals surface area contributed by atoms with Gasteiger partial charge in [-0.15, -0.1) is 0 Å². The molecular weight excluding hydrogens is 166 g/mol. The fraction of sp³-hybridized carbons (Fsp3) is 0. The van der Waals surface area contributed by atoms with Crippen molar-refractivity contribution in [2.45, 2.75) is 5.03 Å². The van der Waals surface area contributed by atoms with Gasteiger partial charge in [0.1, 0.15) is 6.33 Å². The molecule has 0 spiro atoms. The summed E-state index contributed by atoms with van der Waals surface area (Å²) in [6, 6.07) is 0. The van der Waals surface area contributed by atoms with E-state index in [1.807, 2.05) is 0 Å². The van der Waals surface area contributed by atoms with Gasteiger partial charge in [-0.1, -0.05) is 0 Å². The molecule has 5 nitrogen and oxygen atoms in total. The van der Waals surface area contributed by atoms with Gasteiger partial charge in [0.15, 0.2) is 15.8 Å². The Labute approximate surface area is 64.3 Å². The van der Waals surface area contributed by atoms with Crippen molar-refractivity contribution in [3.63, 3.8) is 0 Å². The van der Waals surface area contributed by atoms with E-state index in [-0.39, 0.29) is 5.03 Å². The normalized spacial score (nSPS) is 21.1. The summed E-state index contributed by atoms with van der Waals surface area (Å²) >= 11 is 0. The van der Waals surface area contributed by atoms with Crippen LogP contribution in [-0.2, 0) is 10.8 Å². The lowest BCUT2D eigenvalue weighted by molar-refractivity contribution is 0.269. The van der Waals surface area contributed by atoms with Crippen LogP contribution < -0.4 is 5.32 Å². The summed E-state index contributed by atoms with van der Waals surface area (Å²) in [6.07, 6.45) is 2.68. The average molecular weight is 169 g/mol. The third-order valence-corrected chi connectivity index (χ3v) is 2.37. The van der Waals surface area contributed by atoms with Crippen molar-refractivity contribution >= 4 is 21.7 Å². The lowest BCUT2D eigenvalue weighted by atomic mass is 10.5. The molecular formula is C5H3N3O2S. The lowest BCUT2D eigenvalue weighted by Crippen LogP contribution is -2.05. The minimum absolute atomic E-state index is 0.269. The molecule has 56 valence electrons. The van der Waals surface area contributed by atoms with Gasteiger partial charge >= 0.3 is 5.24 Å². The van der Waals surface area contributed by atoms with E-state index in [1.165, 1.54) is 12.5 Å². The van der Waals surface area contributed by atoms with Crippen LogP contribution in [0, 0.1) is 0 Å². The molecule has 1 unspecified atom stereocenters. The van der Waals surface area contributed by atoms with Gasteiger partial charge in [-0.3, -0.25) is 4.79 Å². The number of anilines is 1. The van der Waals surface area contributed by atoms with Gasteiger partial charge in [0.25, 0.3) is 0 Å². The molecule has 0 saturated carbocycles. The first-order valence-corrected chi connectivity index (χ1v) is 3.97. The predicted octanol–water partition coefficient (Wildman–Crippen LogP) is 0.130. The topological polar surface area (TPSA) is 72.0 Å². The molecule has 1 atom stereocenters. The average Bonchev–Trinajstić information content (AvgIpc) is 2.30.